The molecule has 0 aliphatic heterocycles. The number of fused-ring (bicyclic) bond motifs is 3. The zero-order chi connectivity index (χ0) is 17.4. The lowest BCUT2D eigenvalue weighted by molar-refractivity contribution is -0.114. The van der Waals surface area contributed by atoms with Crippen LogP contribution < -0.4 is 10.6 Å². The Morgan fingerprint density at radius 3 is 2.88 bits per heavy atom. The van der Waals surface area contributed by atoms with Crippen molar-refractivity contribution in [3.8, 4) is 0 Å². The molecule has 0 unspecified atom stereocenters. The van der Waals surface area contributed by atoms with Crippen LogP contribution in [0.25, 0.3) is 20.4 Å². The molecule has 0 saturated heterocycles. The monoisotopic (exact) mass is 349 g/mol. The fourth-order valence-corrected chi connectivity index (χ4v) is 3.71. The van der Waals surface area contributed by atoms with Gasteiger partial charge in [-0.2, -0.15) is 0 Å². The normalized spacial score (nSPS) is 11.0. The first kappa shape index (κ1) is 15.5. The lowest BCUT2D eigenvalue weighted by atomic mass is 10.1. The van der Waals surface area contributed by atoms with Crippen molar-refractivity contribution in [3.63, 3.8) is 0 Å². The first-order valence-corrected chi connectivity index (χ1v) is 8.57. The molecule has 1 amide bonds. The second-order valence-electron chi connectivity index (χ2n) is 5.69. The fourth-order valence-electron chi connectivity index (χ4n) is 2.67. The molecule has 1 aromatic carbocycles. The fraction of sp³-hybridized carbons (Fsp3) is 0.111. The highest BCUT2D eigenvalue weighted by atomic mass is 32.1. The number of thiophene rings is 1. The molecule has 2 N–H and O–H groups in total. The van der Waals surface area contributed by atoms with Crippen LogP contribution in [0.1, 0.15) is 12.5 Å². The molecule has 0 saturated carbocycles. The smallest absolute Gasteiger partial charge is 0.221 e. The number of carbonyl (C=O) groups is 1. The Morgan fingerprint density at radius 1 is 1.16 bits per heavy atom. The number of amides is 1. The maximum absolute atomic E-state index is 11.3. The number of carbonyl (C=O) groups excluding carboxylic acids is 1. The molecular formula is C18H15N5OS. The molecule has 0 bridgehead atoms. The van der Waals surface area contributed by atoms with Crippen molar-refractivity contribution < 1.29 is 4.79 Å². The highest BCUT2D eigenvalue weighted by Gasteiger charge is 2.13. The van der Waals surface area contributed by atoms with Gasteiger partial charge in [0.05, 0.1) is 10.2 Å². The van der Waals surface area contributed by atoms with Gasteiger partial charge in [0.15, 0.2) is 5.82 Å². The second-order valence-corrected chi connectivity index (χ2v) is 6.69. The van der Waals surface area contributed by atoms with Gasteiger partial charge in [-0.3, -0.25) is 4.79 Å². The number of nitrogens with one attached hydrogen (secondary N) is 2. The molecule has 0 radical (unpaired) electrons. The first-order valence-electron chi connectivity index (χ1n) is 7.75. The minimum Gasteiger partial charge on any atom is -0.339 e. The minimum atomic E-state index is -0.102. The Hall–Kier alpha value is -3.06. The molecule has 0 spiro atoms. The number of nitrogens with zero attached hydrogens (tertiary/aromatic N) is 3. The topological polar surface area (TPSA) is 79.8 Å². The summed E-state index contributed by atoms with van der Waals surface area (Å²) in [7, 11) is 0. The van der Waals surface area contributed by atoms with Crippen LogP contribution >= 0.6 is 11.3 Å². The Morgan fingerprint density at radius 2 is 2.04 bits per heavy atom. The van der Waals surface area contributed by atoms with E-state index in [9.17, 15) is 4.79 Å². The van der Waals surface area contributed by atoms with E-state index in [0.29, 0.717) is 0 Å². The third kappa shape index (κ3) is 2.89. The minimum absolute atomic E-state index is 0.102. The van der Waals surface area contributed by atoms with Crippen molar-refractivity contribution in [2.24, 2.45) is 0 Å². The average molecular weight is 349 g/mol. The largest absolute Gasteiger partial charge is 0.339 e. The summed E-state index contributed by atoms with van der Waals surface area (Å²) in [6.45, 7) is 3.50. The van der Waals surface area contributed by atoms with Crippen LogP contribution in [-0.2, 0) is 4.79 Å². The third-order valence-corrected chi connectivity index (χ3v) is 4.95. The summed E-state index contributed by atoms with van der Waals surface area (Å²) in [5.74, 6) is 0.630. The zero-order valence-corrected chi connectivity index (χ0v) is 14.5. The van der Waals surface area contributed by atoms with Gasteiger partial charge in [0.1, 0.15) is 11.2 Å². The maximum atomic E-state index is 11.3. The molecule has 3 aromatic heterocycles. The molecule has 7 heteroatoms. The Kier molecular flexibility index (Phi) is 3.77. The number of pyridine rings is 1. The molecule has 4 aromatic rings. The van der Waals surface area contributed by atoms with Crippen molar-refractivity contribution in [2.75, 3.05) is 10.6 Å². The molecule has 3 heterocycles. The number of hydrogen-bond acceptors (Lipinski definition) is 6. The van der Waals surface area contributed by atoms with Gasteiger partial charge in [-0.25, -0.2) is 15.0 Å². The highest BCUT2D eigenvalue weighted by molar-refractivity contribution is 7.25. The van der Waals surface area contributed by atoms with Crippen LogP contribution in [0, 0.1) is 6.92 Å². The standard InChI is InChI=1S/C18H15N5OS/c1-10-5-6-12(22-11(2)24)8-14(10)23-17-16-15(20-9-21-17)13-4-3-7-19-18(13)25-16/h3-9H,1-2H3,(H,22,24)(H,20,21,23). The number of rotatable bonds is 3. The van der Waals surface area contributed by atoms with Crippen molar-refractivity contribution in [1.82, 2.24) is 15.0 Å². The number of aryl methyl sites for hydroxylation is 1. The molecule has 25 heavy (non-hydrogen) atoms. The Balaban J connectivity index is 1.79. The summed E-state index contributed by atoms with van der Waals surface area (Å²) in [5.41, 5.74) is 3.57. The molecule has 0 atom stereocenters. The van der Waals surface area contributed by atoms with E-state index >= 15 is 0 Å². The predicted molar refractivity (Wildman–Crippen MR) is 101 cm³/mol. The van der Waals surface area contributed by atoms with Crippen LogP contribution in [-0.4, -0.2) is 20.9 Å². The molecule has 4 rings (SSSR count). The number of benzene rings is 1. The third-order valence-electron chi connectivity index (χ3n) is 3.84. The van der Waals surface area contributed by atoms with Gasteiger partial charge in [-0.1, -0.05) is 6.07 Å². The number of hydrogen-bond donors (Lipinski definition) is 2. The van der Waals surface area contributed by atoms with Gasteiger partial charge < -0.3 is 10.6 Å². The van der Waals surface area contributed by atoms with Gasteiger partial charge in [-0.05, 0) is 36.8 Å². The lowest BCUT2D eigenvalue weighted by Gasteiger charge is -2.11. The van der Waals surface area contributed by atoms with E-state index in [1.54, 1.807) is 23.9 Å². The zero-order valence-electron chi connectivity index (χ0n) is 13.7. The number of anilines is 3. The summed E-state index contributed by atoms with van der Waals surface area (Å²) in [6.07, 6.45) is 3.33. The Labute approximate surface area is 148 Å². The van der Waals surface area contributed by atoms with E-state index in [-0.39, 0.29) is 5.91 Å². The van der Waals surface area contributed by atoms with Gasteiger partial charge in [0, 0.05) is 29.9 Å². The number of aromatic nitrogens is 3. The van der Waals surface area contributed by atoms with Crippen LogP contribution in [0.2, 0.25) is 0 Å². The maximum Gasteiger partial charge on any atom is 0.221 e. The van der Waals surface area contributed by atoms with Crippen LogP contribution in [0.5, 0.6) is 0 Å². The van der Waals surface area contributed by atoms with Crippen molar-refractivity contribution >= 4 is 54.9 Å². The van der Waals surface area contributed by atoms with Gasteiger partial charge in [0.25, 0.3) is 0 Å². The van der Waals surface area contributed by atoms with Crippen molar-refractivity contribution in [1.29, 1.82) is 0 Å². The summed E-state index contributed by atoms with van der Waals surface area (Å²) < 4.78 is 0.959. The van der Waals surface area contributed by atoms with E-state index in [0.717, 1.165) is 43.2 Å². The molecular weight excluding hydrogens is 334 g/mol. The first-order chi connectivity index (χ1) is 12.1. The summed E-state index contributed by atoms with van der Waals surface area (Å²) in [4.78, 5) is 25.4. The van der Waals surface area contributed by atoms with Crippen LogP contribution in [0.4, 0.5) is 17.2 Å². The molecule has 0 fully saturated rings. The molecule has 6 nitrogen and oxygen atoms in total. The molecule has 124 valence electrons. The van der Waals surface area contributed by atoms with Gasteiger partial charge in [0.2, 0.25) is 5.91 Å². The second kappa shape index (κ2) is 6.10. The van der Waals surface area contributed by atoms with E-state index < -0.39 is 0 Å². The van der Waals surface area contributed by atoms with Crippen LogP contribution in [0.15, 0.2) is 42.9 Å². The van der Waals surface area contributed by atoms with Gasteiger partial charge in [-0.15, -0.1) is 11.3 Å². The molecule has 0 aliphatic rings. The van der Waals surface area contributed by atoms with Crippen molar-refractivity contribution in [3.05, 3.63) is 48.4 Å². The summed E-state index contributed by atoms with van der Waals surface area (Å²) in [5, 5.41) is 7.19. The quantitative estimate of drug-likeness (QED) is 0.578. The Bertz CT molecular complexity index is 1110. The van der Waals surface area contributed by atoms with E-state index in [4.69, 9.17) is 0 Å². The van der Waals surface area contributed by atoms with E-state index in [1.165, 1.54) is 6.92 Å². The van der Waals surface area contributed by atoms with Gasteiger partial charge >= 0.3 is 0 Å². The SMILES string of the molecule is CC(=O)Nc1ccc(C)c(Nc2ncnc3c2sc2ncccc23)c1. The lowest BCUT2D eigenvalue weighted by Crippen LogP contribution is -2.06. The molecule has 0 aliphatic carbocycles. The predicted octanol–water partition coefficient (Wildman–Crippen LogP) is 4.25. The van der Waals surface area contributed by atoms with Crippen LogP contribution in [0.3, 0.4) is 0 Å². The summed E-state index contributed by atoms with van der Waals surface area (Å²) in [6, 6.07) is 9.65. The highest BCUT2D eigenvalue weighted by Crippen LogP contribution is 2.36. The van der Waals surface area contributed by atoms with E-state index in [1.807, 2.05) is 37.3 Å². The van der Waals surface area contributed by atoms with E-state index in [2.05, 4.69) is 25.6 Å². The summed E-state index contributed by atoms with van der Waals surface area (Å²) >= 11 is 1.56. The van der Waals surface area contributed by atoms with Crippen molar-refractivity contribution in [2.45, 2.75) is 13.8 Å². The average Bonchev–Trinajstić information content (AvgIpc) is 2.97.